The number of hydrogen-bond donors (Lipinski definition) is 1. The summed E-state index contributed by atoms with van der Waals surface area (Å²) in [5, 5.41) is 12.9. The van der Waals surface area contributed by atoms with Crippen molar-refractivity contribution in [3.8, 4) is 17.0 Å². The average molecular weight is 493 g/mol. The van der Waals surface area contributed by atoms with Gasteiger partial charge in [0.25, 0.3) is 0 Å². The van der Waals surface area contributed by atoms with Gasteiger partial charge in [-0.2, -0.15) is 10.2 Å². The van der Waals surface area contributed by atoms with Crippen molar-refractivity contribution < 1.29 is 13.9 Å². The van der Waals surface area contributed by atoms with Crippen LogP contribution in [0.5, 0.6) is 5.75 Å². The monoisotopic (exact) mass is 492 g/mol. The van der Waals surface area contributed by atoms with Crippen LogP contribution in [0.3, 0.4) is 0 Å². The van der Waals surface area contributed by atoms with Crippen LogP contribution in [0.25, 0.3) is 22.2 Å². The Bertz CT molecular complexity index is 1650. The van der Waals surface area contributed by atoms with Crippen LogP contribution in [0.1, 0.15) is 29.8 Å². The molecular weight excluding hydrogens is 467 g/mol. The van der Waals surface area contributed by atoms with E-state index in [1.807, 2.05) is 54.1 Å². The fraction of sp³-hybridized carbons (Fsp3) is 0.167. The maximum atomic E-state index is 13.8. The predicted octanol–water partition coefficient (Wildman–Crippen LogP) is 5.85. The highest BCUT2D eigenvalue weighted by Gasteiger charge is 2.33. The molecule has 0 saturated carbocycles. The zero-order valence-corrected chi connectivity index (χ0v) is 20.5. The van der Waals surface area contributed by atoms with E-state index in [1.165, 1.54) is 12.1 Å². The topological polar surface area (TPSA) is 72.8 Å². The molecule has 6 rings (SSSR count). The lowest BCUT2D eigenvalue weighted by Crippen LogP contribution is -2.28. The molecule has 3 aromatic carbocycles. The first-order chi connectivity index (χ1) is 18.0. The van der Waals surface area contributed by atoms with Gasteiger partial charge in [-0.15, -0.1) is 0 Å². The van der Waals surface area contributed by atoms with Crippen LogP contribution in [0, 0.1) is 5.82 Å². The zero-order chi connectivity index (χ0) is 25.5. The third-order valence-electron chi connectivity index (χ3n) is 6.98. The molecule has 0 amide bonds. The lowest BCUT2D eigenvalue weighted by molar-refractivity contribution is -0.115. The van der Waals surface area contributed by atoms with Crippen molar-refractivity contribution in [3.63, 3.8) is 0 Å². The fourth-order valence-corrected chi connectivity index (χ4v) is 5.14. The number of fused-ring (bicyclic) bond motifs is 2. The Morgan fingerprint density at radius 3 is 2.62 bits per heavy atom. The molecule has 0 spiro atoms. The molecule has 0 bridgehead atoms. The molecule has 0 fully saturated rings. The summed E-state index contributed by atoms with van der Waals surface area (Å²) in [6.45, 7) is 2.01. The summed E-state index contributed by atoms with van der Waals surface area (Å²) in [4.78, 5) is 13.8. The number of rotatable bonds is 6. The second kappa shape index (κ2) is 9.17. The molecule has 6 nitrogen and oxygen atoms in total. The van der Waals surface area contributed by atoms with Crippen molar-refractivity contribution in [1.82, 2.24) is 20.0 Å². The molecular formula is C30H25FN4O2. The number of H-pyrrole nitrogens is 1. The van der Waals surface area contributed by atoms with E-state index < -0.39 is 6.04 Å². The van der Waals surface area contributed by atoms with Crippen LogP contribution in [-0.2, 0) is 17.6 Å². The molecule has 1 unspecified atom stereocenters. The van der Waals surface area contributed by atoms with Gasteiger partial charge in [-0.3, -0.25) is 14.6 Å². The summed E-state index contributed by atoms with van der Waals surface area (Å²) in [6.07, 6.45) is 2.63. The quantitative estimate of drug-likeness (QED) is 0.323. The molecule has 1 N–H and O–H groups in total. The van der Waals surface area contributed by atoms with E-state index in [2.05, 4.69) is 16.3 Å². The number of ketones is 1. The molecule has 1 aliphatic heterocycles. The minimum absolute atomic E-state index is 0.0295. The van der Waals surface area contributed by atoms with Crippen molar-refractivity contribution in [2.45, 2.75) is 25.8 Å². The number of ether oxygens (including phenoxy) is 1. The number of nitrogens with one attached hydrogen (secondary N) is 1. The second-order valence-corrected chi connectivity index (χ2v) is 9.41. The maximum Gasteiger partial charge on any atom is 0.165 e. The summed E-state index contributed by atoms with van der Waals surface area (Å²) in [5.74, 6) is 0.485. The highest BCUT2D eigenvalue weighted by Crippen LogP contribution is 2.38. The number of halogens is 1. The van der Waals surface area contributed by atoms with E-state index >= 15 is 0 Å². The molecule has 0 radical (unpaired) electrons. The number of carbonyl (C=O) groups excluding carboxylic acids is 1. The van der Waals surface area contributed by atoms with Crippen LogP contribution in [-0.4, -0.2) is 32.9 Å². The van der Waals surface area contributed by atoms with E-state index in [4.69, 9.17) is 9.84 Å². The molecule has 1 atom stereocenters. The summed E-state index contributed by atoms with van der Waals surface area (Å²) in [6, 6.07) is 21.6. The number of benzene rings is 3. The highest BCUT2D eigenvalue weighted by atomic mass is 19.1. The van der Waals surface area contributed by atoms with Crippen LogP contribution in [0.2, 0.25) is 0 Å². The summed E-state index contributed by atoms with van der Waals surface area (Å²) in [5.41, 5.74) is 7.15. The lowest BCUT2D eigenvalue weighted by Gasteiger charge is -2.29. The Morgan fingerprint density at radius 2 is 1.86 bits per heavy atom. The first-order valence-corrected chi connectivity index (χ1v) is 12.1. The van der Waals surface area contributed by atoms with Crippen LogP contribution < -0.4 is 4.74 Å². The molecule has 2 aromatic heterocycles. The molecule has 0 saturated heterocycles. The predicted molar refractivity (Wildman–Crippen MR) is 140 cm³/mol. The largest absolute Gasteiger partial charge is 0.497 e. The van der Waals surface area contributed by atoms with Crippen LogP contribution in [0.4, 0.5) is 4.39 Å². The number of aromatic amines is 1. The Labute approximate surface area is 213 Å². The van der Waals surface area contributed by atoms with Gasteiger partial charge >= 0.3 is 0 Å². The number of hydrogen-bond acceptors (Lipinski definition) is 4. The second-order valence-electron chi connectivity index (χ2n) is 9.41. The van der Waals surface area contributed by atoms with Gasteiger partial charge in [0, 0.05) is 35.1 Å². The minimum atomic E-state index is -0.443. The van der Waals surface area contributed by atoms with Gasteiger partial charge in [0.05, 0.1) is 24.5 Å². The van der Waals surface area contributed by atoms with Gasteiger partial charge in [0.2, 0.25) is 0 Å². The molecule has 7 heteroatoms. The molecule has 0 aliphatic carbocycles. The van der Waals surface area contributed by atoms with Crippen molar-refractivity contribution in [3.05, 3.63) is 113 Å². The molecule has 1 aliphatic rings. The van der Waals surface area contributed by atoms with Crippen molar-refractivity contribution in [1.29, 1.82) is 0 Å². The van der Waals surface area contributed by atoms with E-state index in [9.17, 15) is 9.18 Å². The van der Waals surface area contributed by atoms with Crippen molar-refractivity contribution in [2.75, 3.05) is 7.11 Å². The van der Waals surface area contributed by atoms with Crippen LogP contribution >= 0.6 is 0 Å². The van der Waals surface area contributed by atoms with Crippen LogP contribution in [0.15, 0.2) is 90.1 Å². The van der Waals surface area contributed by atoms with Crippen molar-refractivity contribution in [2.24, 2.45) is 0 Å². The number of Topliss-reactive ketones (excluding diaryl/α,β-unsaturated/α-hetero) is 1. The van der Waals surface area contributed by atoms with Gasteiger partial charge < -0.3 is 4.74 Å². The Kier molecular flexibility index (Phi) is 5.68. The number of allylic oxidation sites excluding steroid dienone is 2. The first-order valence-electron chi connectivity index (χ1n) is 12.1. The van der Waals surface area contributed by atoms with Gasteiger partial charge in [0.1, 0.15) is 17.6 Å². The highest BCUT2D eigenvalue weighted by molar-refractivity contribution is 5.99. The number of methoxy groups -OCH3 is 1. The van der Waals surface area contributed by atoms with E-state index in [-0.39, 0.29) is 18.0 Å². The SMILES string of the molecule is COc1ccc(-c2cc3n(n2)C(c2ccc(F)cc2)C(C(=O)Cc2ccc4[nH]ncc4c2)=C(C)C3)cc1. The summed E-state index contributed by atoms with van der Waals surface area (Å²) in [7, 11) is 1.64. The van der Waals surface area contributed by atoms with Gasteiger partial charge in [-0.05, 0) is 72.6 Å². The zero-order valence-electron chi connectivity index (χ0n) is 20.5. The fourth-order valence-electron chi connectivity index (χ4n) is 5.14. The Hall–Kier alpha value is -4.52. The normalized spacial score (nSPS) is 15.2. The lowest BCUT2D eigenvalue weighted by atomic mass is 9.85. The standard InChI is InChI=1S/C30H25FN4O2/c1-18-13-24-16-27(20-6-10-25(37-2)11-7-20)34-35(24)30(21-4-8-23(31)9-5-21)29(18)28(36)15-19-3-12-26-22(14-19)17-32-33-26/h3-12,14,16-17,30H,13,15H2,1-2H3,(H,32,33). The summed E-state index contributed by atoms with van der Waals surface area (Å²) < 4.78 is 21.0. The smallest absolute Gasteiger partial charge is 0.165 e. The van der Waals surface area contributed by atoms with Gasteiger partial charge in [0.15, 0.2) is 5.78 Å². The molecule has 184 valence electrons. The van der Waals surface area contributed by atoms with E-state index in [1.54, 1.807) is 25.4 Å². The van der Waals surface area contributed by atoms with Gasteiger partial charge in [-0.1, -0.05) is 23.8 Å². The number of nitrogens with zero attached hydrogens (tertiary/aromatic N) is 3. The minimum Gasteiger partial charge on any atom is -0.497 e. The van der Waals surface area contributed by atoms with Gasteiger partial charge in [-0.25, -0.2) is 4.39 Å². The Morgan fingerprint density at radius 1 is 1.08 bits per heavy atom. The Balaban J connectivity index is 1.41. The summed E-state index contributed by atoms with van der Waals surface area (Å²) >= 11 is 0. The molecule has 3 heterocycles. The van der Waals surface area contributed by atoms with Crippen molar-refractivity contribution >= 4 is 16.7 Å². The van der Waals surface area contributed by atoms with E-state index in [0.717, 1.165) is 50.3 Å². The third-order valence-corrected chi connectivity index (χ3v) is 6.98. The molecule has 37 heavy (non-hydrogen) atoms. The van der Waals surface area contributed by atoms with E-state index in [0.29, 0.717) is 12.0 Å². The maximum absolute atomic E-state index is 13.8. The number of aromatic nitrogens is 4. The average Bonchev–Trinajstić information content (AvgIpc) is 3.55. The number of carbonyl (C=O) groups is 1. The third kappa shape index (κ3) is 4.22. The molecule has 5 aromatic rings. The first kappa shape index (κ1) is 22.9.